The monoisotopic (exact) mass is 226 g/mol. The summed E-state index contributed by atoms with van der Waals surface area (Å²) in [6.45, 7) is 3.97. The van der Waals surface area contributed by atoms with E-state index in [-0.39, 0.29) is 17.6 Å². The molecule has 1 aliphatic heterocycles. The van der Waals surface area contributed by atoms with Gasteiger partial charge in [0.25, 0.3) is 5.91 Å². The van der Waals surface area contributed by atoms with E-state index in [9.17, 15) is 4.79 Å². The van der Waals surface area contributed by atoms with Crippen LogP contribution >= 0.6 is 0 Å². The van der Waals surface area contributed by atoms with E-state index >= 15 is 0 Å². The van der Waals surface area contributed by atoms with Crippen LogP contribution in [0.2, 0.25) is 0 Å². The highest BCUT2D eigenvalue weighted by Gasteiger charge is 2.48. The maximum absolute atomic E-state index is 12.2. The summed E-state index contributed by atoms with van der Waals surface area (Å²) in [5, 5.41) is 4.88. The van der Waals surface area contributed by atoms with Crippen LogP contribution in [0.4, 0.5) is 0 Å². The van der Waals surface area contributed by atoms with Crippen LogP contribution in [0.5, 0.6) is 0 Å². The predicted molar refractivity (Wildman–Crippen MR) is 61.4 cm³/mol. The first-order valence-corrected chi connectivity index (χ1v) is 6.22. The molecule has 1 N–H and O–H groups in total. The molecule has 0 bridgehead atoms. The Morgan fingerprint density at radius 3 is 2.44 bits per heavy atom. The van der Waals surface area contributed by atoms with Crippen molar-refractivity contribution < 1.29 is 9.63 Å². The van der Waals surface area contributed by atoms with Crippen LogP contribution in [0.15, 0.2) is 0 Å². The highest BCUT2D eigenvalue weighted by atomic mass is 16.7. The Balaban J connectivity index is 2.09. The minimum absolute atomic E-state index is 0.0461. The SMILES string of the molecule is CON1C(=O)[C@H](C2CCCCC2)NC1(C)C. The van der Waals surface area contributed by atoms with E-state index in [1.165, 1.54) is 24.3 Å². The molecule has 0 unspecified atom stereocenters. The van der Waals surface area contributed by atoms with Gasteiger partial charge in [0.1, 0.15) is 5.66 Å². The Kier molecular flexibility index (Phi) is 3.22. The standard InChI is InChI=1S/C12H22N2O2/c1-12(2)13-10(11(15)14(12)16-3)9-7-5-4-6-8-9/h9-10,13H,4-8H2,1-3H3/t10-/m0/s1. The Hall–Kier alpha value is -0.610. The fourth-order valence-electron chi connectivity index (χ4n) is 3.01. The van der Waals surface area contributed by atoms with E-state index in [0.29, 0.717) is 5.92 Å². The molecule has 2 fully saturated rings. The van der Waals surface area contributed by atoms with Gasteiger partial charge in [-0.2, -0.15) is 0 Å². The normalized spacial score (nSPS) is 31.1. The van der Waals surface area contributed by atoms with Gasteiger partial charge in [0, 0.05) is 0 Å². The van der Waals surface area contributed by atoms with Gasteiger partial charge in [-0.3, -0.25) is 14.9 Å². The molecule has 4 heteroatoms. The van der Waals surface area contributed by atoms with Crippen molar-refractivity contribution in [2.75, 3.05) is 7.11 Å². The molecule has 16 heavy (non-hydrogen) atoms. The molecule has 2 aliphatic rings. The Morgan fingerprint density at radius 2 is 1.94 bits per heavy atom. The minimum atomic E-state index is -0.381. The zero-order valence-electron chi connectivity index (χ0n) is 10.5. The summed E-state index contributed by atoms with van der Waals surface area (Å²) in [5.41, 5.74) is -0.381. The van der Waals surface area contributed by atoms with Crippen molar-refractivity contribution >= 4 is 5.91 Å². The Morgan fingerprint density at radius 1 is 1.31 bits per heavy atom. The summed E-state index contributed by atoms with van der Waals surface area (Å²) >= 11 is 0. The van der Waals surface area contributed by atoms with Crippen molar-refractivity contribution in [2.45, 2.75) is 57.7 Å². The molecule has 0 aromatic rings. The molecule has 2 rings (SSSR count). The molecular formula is C12H22N2O2. The Labute approximate surface area is 97.3 Å². The number of carbonyl (C=O) groups excluding carboxylic acids is 1. The summed E-state index contributed by atoms with van der Waals surface area (Å²) in [7, 11) is 1.56. The number of hydroxylamine groups is 2. The molecule has 0 aromatic carbocycles. The van der Waals surface area contributed by atoms with E-state index in [2.05, 4.69) is 5.32 Å². The second-order valence-corrected chi connectivity index (χ2v) is 5.39. The lowest BCUT2D eigenvalue weighted by Crippen LogP contribution is -2.47. The van der Waals surface area contributed by atoms with Gasteiger partial charge in [0.05, 0.1) is 13.2 Å². The average molecular weight is 226 g/mol. The van der Waals surface area contributed by atoms with Gasteiger partial charge in [-0.25, -0.2) is 5.06 Å². The second-order valence-electron chi connectivity index (χ2n) is 5.39. The smallest absolute Gasteiger partial charge is 0.265 e. The van der Waals surface area contributed by atoms with E-state index in [4.69, 9.17) is 4.84 Å². The van der Waals surface area contributed by atoms with E-state index in [0.717, 1.165) is 12.8 Å². The van der Waals surface area contributed by atoms with Crippen LogP contribution < -0.4 is 5.32 Å². The number of nitrogens with one attached hydrogen (secondary N) is 1. The van der Waals surface area contributed by atoms with Crippen LogP contribution in [0.3, 0.4) is 0 Å². The highest BCUT2D eigenvalue weighted by Crippen LogP contribution is 2.32. The zero-order chi connectivity index (χ0) is 11.8. The van der Waals surface area contributed by atoms with E-state index < -0.39 is 0 Å². The van der Waals surface area contributed by atoms with Crippen molar-refractivity contribution in [1.29, 1.82) is 0 Å². The quantitative estimate of drug-likeness (QED) is 0.778. The molecule has 1 saturated carbocycles. The topological polar surface area (TPSA) is 41.6 Å². The van der Waals surface area contributed by atoms with Gasteiger partial charge >= 0.3 is 0 Å². The Bertz CT molecular complexity index is 272. The number of nitrogens with zero attached hydrogens (tertiary/aromatic N) is 1. The summed E-state index contributed by atoms with van der Waals surface area (Å²) in [5.74, 6) is 0.583. The zero-order valence-corrected chi connectivity index (χ0v) is 10.5. The maximum Gasteiger partial charge on any atom is 0.265 e. The second kappa shape index (κ2) is 4.34. The molecule has 4 nitrogen and oxygen atoms in total. The lowest BCUT2D eigenvalue weighted by Gasteiger charge is -2.28. The number of amides is 1. The largest absolute Gasteiger partial charge is 0.281 e. The predicted octanol–water partition coefficient (Wildman–Crippen LogP) is 1.66. The number of rotatable bonds is 2. The van der Waals surface area contributed by atoms with Crippen LogP contribution in [0, 0.1) is 5.92 Å². The molecule has 1 heterocycles. The summed E-state index contributed by atoms with van der Waals surface area (Å²) in [6.07, 6.45) is 6.15. The van der Waals surface area contributed by atoms with Crippen molar-refractivity contribution in [1.82, 2.24) is 10.4 Å². The first-order chi connectivity index (χ1) is 7.56. The molecule has 0 aromatic heterocycles. The van der Waals surface area contributed by atoms with Gasteiger partial charge < -0.3 is 0 Å². The number of hydrogen-bond donors (Lipinski definition) is 1. The summed E-state index contributed by atoms with van der Waals surface area (Å²) in [6, 6.07) is -0.0461. The van der Waals surface area contributed by atoms with Gasteiger partial charge in [-0.15, -0.1) is 0 Å². The van der Waals surface area contributed by atoms with E-state index in [1.807, 2.05) is 13.8 Å². The maximum atomic E-state index is 12.2. The first-order valence-electron chi connectivity index (χ1n) is 6.22. The third kappa shape index (κ3) is 1.96. The number of hydrogen-bond acceptors (Lipinski definition) is 3. The van der Waals surface area contributed by atoms with Crippen molar-refractivity contribution in [3.05, 3.63) is 0 Å². The van der Waals surface area contributed by atoms with Crippen LogP contribution in [0.1, 0.15) is 46.0 Å². The third-order valence-electron chi connectivity index (χ3n) is 3.79. The molecule has 1 saturated heterocycles. The third-order valence-corrected chi connectivity index (χ3v) is 3.79. The molecule has 1 amide bonds. The fourth-order valence-corrected chi connectivity index (χ4v) is 3.01. The molecule has 0 radical (unpaired) electrons. The average Bonchev–Trinajstić information content (AvgIpc) is 2.50. The highest BCUT2D eigenvalue weighted by molar-refractivity contribution is 5.84. The van der Waals surface area contributed by atoms with E-state index in [1.54, 1.807) is 7.11 Å². The van der Waals surface area contributed by atoms with Crippen molar-refractivity contribution in [2.24, 2.45) is 5.92 Å². The van der Waals surface area contributed by atoms with Crippen LogP contribution in [0.25, 0.3) is 0 Å². The molecule has 92 valence electrons. The summed E-state index contributed by atoms with van der Waals surface area (Å²) in [4.78, 5) is 17.4. The van der Waals surface area contributed by atoms with Crippen molar-refractivity contribution in [3.8, 4) is 0 Å². The molecular weight excluding hydrogens is 204 g/mol. The van der Waals surface area contributed by atoms with Crippen LogP contribution in [-0.2, 0) is 9.63 Å². The molecule has 1 aliphatic carbocycles. The van der Waals surface area contributed by atoms with Crippen LogP contribution in [-0.4, -0.2) is 29.8 Å². The first kappa shape index (κ1) is 11.9. The lowest BCUT2D eigenvalue weighted by atomic mass is 9.84. The van der Waals surface area contributed by atoms with Gasteiger partial charge in [0.2, 0.25) is 0 Å². The van der Waals surface area contributed by atoms with Gasteiger partial charge in [-0.1, -0.05) is 19.3 Å². The fraction of sp³-hybridized carbons (Fsp3) is 0.917. The number of carbonyl (C=O) groups is 1. The van der Waals surface area contributed by atoms with Crippen molar-refractivity contribution in [3.63, 3.8) is 0 Å². The van der Waals surface area contributed by atoms with Gasteiger partial charge in [-0.05, 0) is 32.6 Å². The lowest BCUT2D eigenvalue weighted by molar-refractivity contribution is -0.192. The summed E-state index contributed by atoms with van der Waals surface area (Å²) < 4.78 is 0. The molecule has 0 spiro atoms. The van der Waals surface area contributed by atoms with Gasteiger partial charge in [0.15, 0.2) is 0 Å². The molecule has 1 atom stereocenters. The minimum Gasteiger partial charge on any atom is -0.281 e.